The van der Waals surface area contributed by atoms with Crippen molar-refractivity contribution in [2.24, 2.45) is 0 Å². The van der Waals surface area contributed by atoms with E-state index >= 15 is 0 Å². The monoisotopic (exact) mass is 305 g/mol. The second kappa shape index (κ2) is 11.5. The Morgan fingerprint density at radius 1 is 0.864 bits per heavy atom. The molecule has 1 aromatic rings. The molecule has 126 valence electrons. The van der Waals surface area contributed by atoms with E-state index in [4.69, 9.17) is 0 Å². The molecule has 22 heavy (non-hydrogen) atoms. The van der Waals surface area contributed by atoms with E-state index in [2.05, 4.69) is 37.8 Å². The van der Waals surface area contributed by atoms with Crippen molar-refractivity contribution in [2.75, 3.05) is 13.1 Å². The predicted molar refractivity (Wildman–Crippen MR) is 96.4 cm³/mol. The van der Waals surface area contributed by atoms with Crippen LogP contribution < -0.4 is 0 Å². The summed E-state index contributed by atoms with van der Waals surface area (Å²) in [7, 11) is 0. The molecule has 0 atom stereocenters. The molecule has 1 N–H and O–H groups in total. The largest absolute Gasteiger partial charge is 0.508 e. The molecule has 2 heteroatoms. The van der Waals surface area contributed by atoms with Crippen LogP contribution in [0.15, 0.2) is 18.2 Å². The summed E-state index contributed by atoms with van der Waals surface area (Å²) in [4.78, 5) is 2.34. The van der Waals surface area contributed by atoms with E-state index in [0.717, 1.165) is 31.6 Å². The van der Waals surface area contributed by atoms with Crippen molar-refractivity contribution in [3.8, 4) is 5.75 Å². The fourth-order valence-electron chi connectivity index (χ4n) is 2.90. The summed E-state index contributed by atoms with van der Waals surface area (Å²) < 4.78 is 0. The van der Waals surface area contributed by atoms with E-state index < -0.39 is 0 Å². The minimum atomic E-state index is 0.440. The van der Waals surface area contributed by atoms with Gasteiger partial charge in [0.2, 0.25) is 0 Å². The number of hydrogen-bond acceptors (Lipinski definition) is 2. The van der Waals surface area contributed by atoms with Crippen LogP contribution in [-0.2, 0) is 13.0 Å². The fraction of sp³-hybridized carbons (Fsp3) is 0.700. The van der Waals surface area contributed by atoms with Crippen LogP contribution in [0.25, 0.3) is 0 Å². The Hall–Kier alpha value is -1.02. The van der Waals surface area contributed by atoms with E-state index in [-0.39, 0.29) is 0 Å². The van der Waals surface area contributed by atoms with Crippen LogP contribution in [0.5, 0.6) is 5.75 Å². The maximum absolute atomic E-state index is 10.0. The first-order valence-corrected chi connectivity index (χ1v) is 9.24. The molecule has 1 aromatic carbocycles. The Kier molecular flexibility index (Phi) is 9.98. The van der Waals surface area contributed by atoms with Gasteiger partial charge in [0.25, 0.3) is 0 Å². The molecule has 0 heterocycles. The first-order valence-electron chi connectivity index (χ1n) is 9.24. The third kappa shape index (κ3) is 7.31. The highest BCUT2D eigenvalue weighted by molar-refractivity contribution is 5.36. The van der Waals surface area contributed by atoms with Crippen LogP contribution >= 0.6 is 0 Å². The van der Waals surface area contributed by atoms with E-state index in [1.165, 1.54) is 50.5 Å². The van der Waals surface area contributed by atoms with Crippen molar-refractivity contribution in [3.63, 3.8) is 0 Å². The maximum atomic E-state index is 10.0. The first kappa shape index (κ1) is 19.0. The molecular formula is C20H35NO. The van der Waals surface area contributed by atoms with Gasteiger partial charge in [0.1, 0.15) is 5.75 Å². The Morgan fingerprint density at radius 2 is 1.50 bits per heavy atom. The molecule has 0 aliphatic carbocycles. The molecular weight excluding hydrogens is 270 g/mol. The summed E-state index contributed by atoms with van der Waals surface area (Å²) in [5.41, 5.74) is 2.44. The minimum absolute atomic E-state index is 0.440. The third-order valence-electron chi connectivity index (χ3n) is 4.50. The fourth-order valence-corrected chi connectivity index (χ4v) is 2.90. The van der Waals surface area contributed by atoms with Gasteiger partial charge in [-0.25, -0.2) is 0 Å². The molecule has 0 amide bonds. The van der Waals surface area contributed by atoms with Crippen LogP contribution in [0.2, 0.25) is 0 Å². The maximum Gasteiger partial charge on any atom is 0.120 e. The van der Waals surface area contributed by atoms with Gasteiger partial charge in [0.15, 0.2) is 0 Å². The molecule has 0 spiro atoms. The standard InChI is InChI=1S/C20H35NO/c1-4-7-8-9-10-11-12-13-18-14-15-20(22)19(16-18)17-21(5-2)6-3/h14-16,22H,4-13,17H2,1-3H3. The van der Waals surface area contributed by atoms with Crippen LogP contribution in [-0.4, -0.2) is 23.1 Å². The Morgan fingerprint density at radius 3 is 2.14 bits per heavy atom. The van der Waals surface area contributed by atoms with Gasteiger partial charge in [-0.15, -0.1) is 0 Å². The second-order valence-electron chi connectivity index (χ2n) is 6.30. The number of aryl methyl sites for hydroxylation is 1. The molecule has 0 bridgehead atoms. The zero-order valence-corrected chi connectivity index (χ0v) is 14.9. The molecule has 0 aromatic heterocycles. The van der Waals surface area contributed by atoms with E-state index in [1.807, 2.05) is 6.07 Å². The lowest BCUT2D eigenvalue weighted by atomic mass is 10.0. The van der Waals surface area contributed by atoms with Gasteiger partial charge in [-0.1, -0.05) is 71.4 Å². The second-order valence-corrected chi connectivity index (χ2v) is 6.30. The average Bonchev–Trinajstić information content (AvgIpc) is 2.54. The van der Waals surface area contributed by atoms with Crippen molar-refractivity contribution in [2.45, 2.75) is 78.7 Å². The quantitative estimate of drug-likeness (QED) is 0.513. The van der Waals surface area contributed by atoms with Gasteiger partial charge in [0.05, 0.1) is 0 Å². The number of hydrogen-bond donors (Lipinski definition) is 1. The van der Waals surface area contributed by atoms with Gasteiger partial charge < -0.3 is 5.11 Å². The smallest absolute Gasteiger partial charge is 0.120 e. The van der Waals surface area contributed by atoms with Crippen molar-refractivity contribution in [1.82, 2.24) is 4.90 Å². The molecule has 0 saturated heterocycles. The number of nitrogens with zero attached hydrogens (tertiary/aromatic N) is 1. The zero-order valence-electron chi connectivity index (χ0n) is 14.9. The molecule has 0 fully saturated rings. The lowest BCUT2D eigenvalue weighted by Gasteiger charge is -2.19. The third-order valence-corrected chi connectivity index (χ3v) is 4.50. The summed E-state index contributed by atoms with van der Waals surface area (Å²) in [6.07, 6.45) is 10.6. The lowest BCUT2D eigenvalue weighted by Crippen LogP contribution is -2.22. The Bertz CT molecular complexity index is 399. The lowest BCUT2D eigenvalue weighted by molar-refractivity contribution is 0.290. The summed E-state index contributed by atoms with van der Waals surface area (Å²) in [6, 6.07) is 6.15. The number of benzene rings is 1. The molecule has 0 aliphatic heterocycles. The summed E-state index contributed by atoms with van der Waals surface area (Å²) in [5, 5.41) is 10.0. The SMILES string of the molecule is CCCCCCCCCc1ccc(O)c(CN(CC)CC)c1. The summed E-state index contributed by atoms with van der Waals surface area (Å²) in [5.74, 6) is 0.440. The molecule has 0 radical (unpaired) electrons. The number of aromatic hydroxyl groups is 1. The Balaban J connectivity index is 2.38. The molecule has 0 aliphatic rings. The highest BCUT2D eigenvalue weighted by Crippen LogP contribution is 2.21. The topological polar surface area (TPSA) is 23.5 Å². The van der Waals surface area contributed by atoms with Crippen molar-refractivity contribution in [3.05, 3.63) is 29.3 Å². The number of unbranched alkanes of at least 4 members (excludes halogenated alkanes) is 6. The predicted octanol–water partition coefficient (Wildman–Crippen LogP) is 5.53. The van der Waals surface area contributed by atoms with Crippen molar-refractivity contribution in [1.29, 1.82) is 0 Å². The van der Waals surface area contributed by atoms with Crippen molar-refractivity contribution >= 4 is 0 Å². The van der Waals surface area contributed by atoms with Crippen LogP contribution in [0.1, 0.15) is 76.8 Å². The van der Waals surface area contributed by atoms with Gasteiger partial charge in [0, 0.05) is 12.1 Å². The minimum Gasteiger partial charge on any atom is -0.508 e. The molecule has 1 rings (SSSR count). The number of rotatable bonds is 12. The average molecular weight is 306 g/mol. The highest BCUT2D eigenvalue weighted by atomic mass is 16.3. The number of phenols is 1. The van der Waals surface area contributed by atoms with Gasteiger partial charge in [-0.05, 0) is 37.6 Å². The summed E-state index contributed by atoms with van der Waals surface area (Å²) in [6.45, 7) is 9.51. The zero-order chi connectivity index (χ0) is 16.2. The van der Waals surface area contributed by atoms with Crippen molar-refractivity contribution < 1.29 is 5.11 Å². The van der Waals surface area contributed by atoms with Gasteiger partial charge in [-0.3, -0.25) is 4.90 Å². The van der Waals surface area contributed by atoms with E-state index in [1.54, 1.807) is 0 Å². The van der Waals surface area contributed by atoms with Crippen LogP contribution in [0, 0.1) is 0 Å². The van der Waals surface area contributed by atoms with E-state index in [0.29, 0.717) is 5.75 Å². The molecule has 0 saturated carbocycles. The summed E-state index contributed by atoms with van der Waals surface area (Å²) >= 11 is 0. The molecule has 0 unspecified atom stereocenters. The number of phenolic OH excluding ortho intramolecular Hbond substituents is 1. The van der Waals surface area contributed by atoms with Crippen LogP contribution in [0.3, 0.4) is 0 Å². The Labute approximate surface area is 137 Å². The normalized spacial score (nSPS) is 11.3. The first-order chi connectivity index (χ1) is 10.7. The van der Waals surface area contributed by atoms with E-state index in [9.17, 15) is 5.11 Å². The molecule has 2 nitrogen and oxygen atoms in total. The van der Waals surface area contributed by atoms with Gasteiger partial charge >= 0.3 is 0 Å². The highest BCUT2D eigenvalue weighted by Gasteiger charge is 2.07. The van der Waals surface area contributed by atoms with Gasteiger partial charge in [-0.2, -0.15) is 0 Å². The van der Waals surface area contributed by atoms with Crippen LogP contribution in [0.4, 0.5) is 0 Å².